The Kier molecular flexibility index (Phi) is 6.72. The quantitative estimate of drug-likeness (QED) is 0.709. The lowest BCUT2D eigenvalue weighted by molar-refractivity contribution is -0.150. The molecule has 2 aromatic rings. The number of anilines is 1. The van der Waals surface area contributed by atoms with Gasteiger partial charge in [-0.15, -0.1) is 0 Å². The highest BCUT2D eigenvalue weighted by atomic mass is 16.5. The normalized spacial score (nSPS) is 13.5. The van der Waals surface area contributed by atoms with Gasteiger partial charge in [-0.2, -0.15) is 0 Å². The highest BCUT2D eigenvalue weighted by Crippen LogP contribution is 2.27. The molecule has 2 aromatic carbocycles. The minimum absolute atomic E-state index is 0.206. The van der Waals surface area contributed by atoms with Crippen LogP contribution in [0.15, 0.2) is 48.5 Å². The lowest BCUT2D eigenvalue weighted by atomic mass is 10.0. The molecule has 0 fully saturated rings. The van der Waals surface area contributed by atoms with Gasteiger partial charge in [0.1, 0.15) is 11.8 Å². The van der Waals surface area contributed by atoms with E-state index in [2.05, 4.69) is 5.32 Å². The molecule has 0 spiro atoms. The van der Waals surface area contributed by atoms with Crippen LogP contribution in [-0.4, -0.2) is 44.1 Å². The zero-order valence-electron chi connectivity index (χ0n) is 17.4. The fourth-order valence-electron chi connectivity index (χ4n) is 3.36. The van der Waals surface area contributed by atoms with Crippen LogP contribution in [0.5, 0.6) is 5.75 Å². The lowest BCUT2D eigenvalue weighted by Crippen LogP contribution is -2.46. The van der Waals surface area contributed by atoms with E-state index in [0.29, 0.717) is 17.9 Å². The molecule has 1 unspecified atom stereocenters. The number of nitrogens with zero attached hydrogens (tertiary/aromatic N) is 1. The van der Waals surface area contributed by atoms with Gasteiger partial charge in [0.05, 0.1) is 7.11 Å². The van der Waals surface area contributed by atoms with E-state index in [9.17, 15) is 14.4 Å². The first-order valence-electron chi connectivity index (χ1n) is 9.90. The minimum Gasteiger partial charge on any atom is -0.497 e. The monoisotopic (exact) mass is 410 g/mol. The molecule has 0 bridgehead atoms. The maximum Gasteiger partial charge on any atom is 0.329 e. The Bertz CT molecular complexity index is 923. The van der Waals surface area contributed by atoms with Crippen molar-refractivity contribution in [1.29, 1.82) is 0 Å². The number of ether oxygens (including phenoxy) is 2. The molecule has 1 aliphatic rings. The molecule has 1 heterocycles. The smallest absolute Gasteiger partial charge is 0.329 e. The summed E-state index contributed by atoms with van der Waals surface area (Å²) in [6.45, 7) is 3.81. The predicted octanol–water partition coefficient (Wildman–Crippen LogP) is 2.58. The van der Waals surface area contributed by atoms with Gasteiger partial charge in [-0.05, 0) is 48.2 Å². The molecular weight excluding hydrogens is 384 g/mol. The van der Waals surface area contributed by atoms with E-state index >= 15 is 0 Å². The fourth-order valence-corrected chi connectivity index (χ4v) is 3.36. The molecule has 30 heavy (non-hydrogen) atoms. The van der Waals surface area contributed by atoms with Crippen molar-refractivity contribution in [2.24, 2.45) is 5.92 Å². The lowest BCUT2D eigenvalue weighted by Gasteiger charge is -2.22. The summed E-state index contributed by atoms with van der Waals surface area (Å²) in [5, 5.41) is 2.70. The van der Waals surface area contributed by atoms with E-state index in [0.717, 1.165) is 17.7 Å². The third kappa shape index (κ3) is 4.79. The minimum atomic E-state index is -0.863. The van der Waals surface area contributed by atoms with Crippen molar-refractivity contribution in [2.45, 2.75) is 26.3 Å². The number of fused-ring (bicyclic) bond motifs is 1. The van der Waals surface area contributed by atoms with E-state index in [4.69, 9.17) is 9.47 Å². The van der Waals surface area contributed by atoms with Gasteiger partial charge in [-0.3, -0.25) is 9.59 Å². The summed E-state index contributed by atoms with van der Waals surface area (Å²) in [6.07, 6.45) is 0.780. The van der Waals surface area contributed by atoms with Gasteiger partial charge in [-0.1, -0.05) is 32.0 Å². The standard InChI is InChI=1S/C23H26N2O5/c1-15(2)21(24-22(27)17-8-10-18(29-3)11-9-17)23(28)30-14-20(26)25-13-12-16-6-4-5-7-19(16)25/h4-11,15,21H,12-14H2,1-3H3,(H,24,27). The zero-order chi connectivity index (χ0) is 21.7. The highest BCUT2D eigenvalue weighted by molar-refractivity contribution is 5.99. The van der Waals surface area contributed by atoms with Crippen LogP contribution in [0.4, 0.5) is 5.69 Å². The maximum absolute atomic E-state index is 12.6. The number of carbonyl (C=O) groups is 3. The Balaban J connectivity index is 1.59. The van der Waals surface area contributed by atoms with Gasteiger partial charge in [-0.25, -0.2) is 4.79 Å². The summed E-state index contributed by atoms with van der Waals surface area (Å²) in [7, 11) is 1.54. The summed E-state index contributed by atoms with van der Waals surface area (Å²) in [6, 6.07) is 13.4. The van der Waals surface area contributed by atoms with Crippen molar-refractivity contribution in [3.05, 3.63) is 59.7 Å². The number of hydrogen-bond acceptors (Lipinski definition) is 5. The molecule has 158 valence electrons. The Morgan fingerprint density at radius 1 is 1.07 bits per heavy atom. The molecule has 7 nitrogen and oxygen atoms in total. The summed E-state index contributed by atoms with van der Waals surface area (Å²) in [5.41, 5.74) is 2.36. The average Bonchev–Trinajstić information content (AvgIpc) is 3.19. The van der Waals surface area contributed by atoms with E-state index in [1.54, 1.807) is 50.1 Å². The molecule has 1 atom stereocenters. The number of amides is 2. The second kappa shape index (κ2) is 9.43. The van der Waals surface area contributed by atoms with E-state index in [1.807, 2.05) is 24.3 Å². The Labute approximate surface area is 176 Å². The van der Waals surface area contributed by atoms with E-state index in [-0.39, 0.29) is 18.4 Å². The fraction of sp³-hybridized carbons (Fsp3) is 0.348. The van der Waals surface area contributed by atoms with Crippen LogP contribution in [0, 0.1) is 5.92 Å². The number of methoxy groups -OCH3 is 1. The number of carbonyl (C=O) groups excluding carboxylic acids is 3. The number of benzene rings is 2. The highest BCUT2D eigenvalue weighted by Gasteiger charge is 2.29. The van der Waals surface area contributed by atoms with Crippen LogP contribution in [0.2, 0.25) is 0 Å². The number of rotatable bonds is 7. The molecule has 0 radical (unpaired) electrons. The first-order chi connectivity index (χ1) is 14.4. The molecule has 7 heteroatoms. The largest absolute Gasteiger partial charge is 0.497 e. The number of para-hydroxylation sites is 1. The van der Waals surface area contributed by atoms with Crippen LogP contribution in [-0.2, 0) is 20.7 Å². The summed E-state index contributed by atoms with van der Waals surface area (Å²) in [5.74, 6) is -0.881. The zero-order valence-corrected chi connectivity index (χ0v) is 17.4. The van der Waals surface area contributed by atoms with Crippen molar-refractivity contribution in [1.82, 2.24) is 5.32 Å². The average molecular weight is 410 g/mol. The van der Waals surface area contributed by atoms with Gasteiger partial charge >= 0.3 is 5.97 Å². The van der Waals surface area contributed by atoms with E-state index in [1.165, 1.54) is 0 Å². The Hall–Kier alpha value is -3.35. The third-order valence-electron chi connectivity index (χ3n) is 5.09. The first-order valence-corrected chi connectivity index (χ1v) is 9.90. The molecule has 3 rings (SSSR count). The summed E-state index contributed by atoms with van der Waals surface area (Å²) < 4.78 is 10.3. The van der Waals surface area contributed by atoms with Gasteiger partial charge in [0.15, 0.2) is 6.61 Å². The second-order valence-electron chi connectivity index (χ2n) is 7.46. The molecular formula is C23H26N2O5. The molecule has 1 aliphatic heterocycles. The molecule has 1 N–H and O–H groups in total. The van der Waals surface area contributed by atoms with Crippen LogP contribution in [0.3, 0.4) is 0 Å². The molecule has 0 saturated heterocycles. The van der Waals surface area contributed by atoms with Gasteiger partial charge in [0.2, 0.25) is 0 Å². The van der Waals surface area contributed by atoms with Crippen LogP contribution in [0.25, 0.3) is 0 Å². The SMILES string of the molecule is COc1ccc(C(=O)NC(C(=O)OCC(=O)N2CCc3ccccc32)C(C)C)cc1. The second-order valence-corrected chi connectivity index (χ2v) is 7.46. The number of esters is 1. The Morgan fingerprint density at radius 2 is 1.77 bits per heavy atom. The van der Waals surface area contributed by atoms with Crippen molar-refractivity contribution in [3.8, 4) is 5.75 Å². The van der Waals surface area contributed by atoms with Gasteiger partial charge in [0, 0.05) is 17.8 Å². The van der Waals surface area contributed by atoms with E-state index < -0.39 is 17.9 Å². The number of nitrogens with one attached hydrogen (secondary N) is 1. The van der Waals surface area contributed by atoms with Crippen LogP contribution in [0.1, 0.15) is 29.8 Å². The van der Waals surface area contributed by atoms with Crippen LogP contribution < -0.4 is 15.0 Å². The van der Waals surface area contributed by atoms with Crippen LogP contribution >= 0.6 is 0 Å². The molecule has 2 amide bonds. The van der Waals surface area contributed by atoms with Crippen molar-refractivity contribution in [3.63, 3.8) is 0 Å². The first kappa shape index (κ1) is 21.4. The summed E-state index contributed by atoms with van der Waals surface area (Å²) in [4.78, 5) is 39.3. The molecule has 0 aliphatic carbocycles. The van der Waals surface area contributed by atoms with Gasteiger partial charge < -0.3 is 19.7 Å². The summed E-state index contributed by atoms with van der Waals surface area (Å²) >= 11 is 0. The van der Waals surface area contributed by atoms with Crippen molar-refractivity contribution < 1.29 is 23.9 Å². The Morgan fingerprint density at radius 3 is 2.43 bits per heavy atom. The molecule has 0 aromatic heterocycles. The predicted molar refractivity (Wildman–Crippen MR) is 113 cm³/mol. The van der Waals surface area contributed by atoms with Crippen molar-refractivity contribution >= 4 is 23.5 Å². The van der Waals surface area contributed by atoms with Crippen molar-refractivity contribution in [2.75, 3.05) is 25.2 Å². The van der Waals surface area contributed by atoms with Gasteiger partial charge in [0.25, 0.3) is 11.8 Å². The topological polar surface area (TPSA) is 84.9 Å². The molecule has 0 saturated carbocycles. The number of hydrogen-bond donors (Lipinski definition) is 1. The third-order valence-corrected chi connectivity index (χ3v) is 5.09. The maximum atomic E-state index is 12.6.